The molecule has 2 aliphatic rings. The highest BCUT2D eigenvalue weighted by molar-refractivity contribution is 9.10. The number of rotatable bonds is 4. The van der Waals surface area contributed by atoms with Gasteiger partial charge in [0, 0.05) is 35.1 Å². The van der Waals surface area contributed by atoms with Crippen molar-refractivity contribution in [1.82, 2.24) is 4.90 Å². The Labute approximate surface area is 128 Å². The van der Waals surface area contributed by atoms with Gasteiger partial charge in [-0.05, 0) is 49.9 Å². The van der Waals surface area contributed by atoms with Crippen LogP contribution in [-0.2, 0) is 4.74 Å². The minimum atomic E-state index is 0.170. The highest BCUT2D eigenvalue weighted by Crippen LogP contribution is 2.31. The van der Waals surface area contributed by atoms with E-state index in [9.17, 15) is 4.79 Å². The summed E-state index contributed by atoms with van der Waals surface area (Å²) >= 11 is 3.48. The summed E-state index contributed by atoms with van der Waals surface area (Å²) in [4.78, 5) is 14.9. The van der Waals surface area contributed by atoms with E-state index in [-0.39, 0.29) is 5.91 Å². The molecule has 2 fully saturated rings. The van der Waals surface area contributed by atoms with Gasteiger partial charge in [0.05, 0.1) is 6.61 Å². The van der Waals surface area contributed by atoms with E-state index < -0.39 is 0 Å². The first-order chi connectivity index (χ1) is 9.63. The zero-order chi connectivity index (χ0) is 14.1. The molecule has 1 unspecified atom stereocenters. The number of hydrogen-bond acceptors (Lipinski definition) is 2. The van der Waals surface area contributed by atoms with Crippen LogP contribution in [0.4, 0.5) is 0 Å². The highest BCUT2D eigenvalue weighted by Gasteiger charge is 2.35. The molecule has 3 nitrogen and oxygen atoms in total. The quantitative estimate of drug-likeness (QED) is 0.842. The van der Waals surface area contributed by atoms with Crippen molar-refractivity contribution in [3.8, 4) is 0 Å². The fourth-order valence-electron chi connectivity index (χ4n) is 2.82. The molecule has 1 saturated heterocycles. The fraction of sp³-hybridized carbons (Fsp3) is 0.562. The first-order valence-electron chi connectivity index (χ1n) is 7.29. The van der Waals surface area contributed by atoms with Gasteiger partial charge in [0.25, 0.3) is 5.91 Å². The number of benzene rings is 1. The second-order valence-corrected chi connectivity index (χ2v) is 6.85. The second-order valence-electron chi connectivity index (χ2n) is 5.94. The minimum absolute atomic E-state index is 0.170. The van der Waals surface area contributed by atoms with E-state index in [1.54, 1.807) is 0 Å². The molecule has 20 heavy (non-hydrogen) atoms. The molecule has 4 heteroatoms. The average molecular weight is 338 g/mol. The first kappa shape index (κ1) is 14.1. The standard InChI is InChI=1S/C16H20BrNO2/c1-11-6-13(8-14(17)7-11)16(19)18(15-2-3-15)9-12-4-5-20-10-12/h6-8,12,15H,2-5,9-10H2,1H3. The van der Waals surface area contributed by atoms with Crippen molar-refractivity contribution in [3.63, 3.8) is 0 Å². The number of halogens is 1. The van der Waals surface area contributed by atoms with Crippen molar-refractivity contribution in [3.05, 3.63) is 33.8 Å². The molecule has 1 aliphatic carbocycles. The Balaban J connectivity index is 1.77. The maximum atomic E-state index is 12.8. The second kappa shape index (κ2) is 5.86. The number of ether oxygens (including phenoxy) is 1. The zero-order valence-electron chi connectivity index (χ0n) is 11.8. The van der Waals surface area contributed by atoms with Gasteiger partial charge in [0.2, 0.25) is 0 Å². The molecule has 1 aromatic carbocycles. The van der Waals surface area contributed by atoms with Gasteiger partial charge in [-0.2, -0.15) is 0 Å². The Bertz CT molecular complexity index is 487. The van der Waals surface area contributed by atoms with Gasteiger partial charge in [0.1, 0.15) is 0 Å². The van der Waals surface area contributed by atoms with Crippen molar-refractivity contribution in [2.75, 3.05) is 19.8 Å². The van der Waals surface area contributed by atoms with Gasteiger partial charge in [0.15, 0.2) is 0 Å². The van der Waals surface area contributed by atoms with E-state index in [0.29, 0.717) is 12.0 Å². The van der Waals surface area contributed by atoms with Crippen molar-refractivity contribution in [1.29, 1.82) is 0 Å². The van der Waals surface area contributed by atoms with Crippen LogP contribution in [0.5, 0.6) is 0 Å². The van der Waals surface area contributed by atoms with E-state index in [4.69, 9.17) is 4.74 Å². The molecule has 1 aliphatic heterocycles. The lowest BCUT2D eigenvalue weighted by molar-refractivity contribution is 0.0706. The molecular weight excluding hydrogens is 318 g/mol. The first-order valence-corrected chi connectivity index (χ1v) is 8.08. The Hall–Kier alpha value is -0.870. The van der Waals surface area contributed by atoms with Crippen LogP contribution in [0, 0.1) is 12.8 Å². The van der Waals surface area contributed by atoms with Gasteiger partial charge in [-0.25, -0.2) is 0 Å². The summed E-state index contributed by atoms with van der Waals surface area (Å²) in [6.45, 7) is 4.50. The summed E-state index contributed by atoms with van der Waals surface area (Å²) in [6.07, 6.45) is 3.37. The van der Waals surface area contributed by atoms with Gasteiger partial charge < -0.3 is 9.64 Å². The van der Waals surface area contributed by atoms with Crippen LogP contribution in [0.1, 0.15) is 35.2 Å². The molecule has 0 radical (unpaired) electrons. The van der Waals surface area contributed by atoms with Gasteiger partial charge in [-0.15, -0.1) is 0 Å². The summed E-state index contributed by atoms with van der Waals surface area (Å²) < 4.78 is 6.41. The summed E-state index contributed by atoms with van der Waals surface area (Å²) in [5.74, 6) is 0.677. The molecule has 0 N–H and O–H groups in total. The third-order valence-electron chi connectivity index (χ3n) is 4.02. The van der Waals surface area contributed by atoms with E-state index in [1.165, 1.54) is 0 Å². The van der Waals surface area contributed by atoms with Crippen LogP contribution in [0.25, 0.3) is 0 Å². The van der Waals surface area contributed by atoms with E-state index in [1.807, 2.05) is 25.1 Å². The fourth-order valence-corrected chi connectivity index (χ4v) is 3.42. The lowest BCUT2D eigenvalue weighted by Crippen LogP contribution is -2.37. The number of carbonyl (C=O) groups is 1. The Kier molecular flexibility index (Phi) is 4.13. The maximum absolute atomic E-state index is 12.8. The van der Waals surface area contributed by atoms with Crippen LogP contribution in [-0.4, -0.2) is 36.6 Å². The van der Waals surface area contributed by atoms with Crippen LogP contribution >= 0.6 is 15.9 Å². The lowest BCUT2D eigenvalue weighted by atomic mass is 10.1. The van der Waals surface area contributed by atoms with Gasteiger partial charge in [-0.3, -0.25) is 4.79 Å². The molecule has 1 heterocycles. The van der Waals surface area contributed by atoms with Crippen LogP contribution in [0.2, 0.25) is 0 Å². The summed E-state index contributed by atoms with van der Waals surface area (Å²) in [5.41, 5.74) is 1.91. The lowest BCUT2D eigenvalue weighted by Gasteiger charge is -2.25. The number of aryl methyl sites for hydroxylation is 1. The minimum Gasteiger partial charge on any atom is -0.381 e. The molecule has 1 aromatic rings. The van der Waals surface area contributed by atoms with E-state index >= 15 is 0 Å². The smallest absolute Gasteiger partial charge is 0.254 e. The molecular formula is C16H20BrNO2. The van der Waals surface area contributed by atoms with Gasteiger partial charge in [-0.1, -0.05) is 15.9 Å². The maximum Gasteiger partial charge on any atom is 0.254 e. The van der Waals surface area contributed by atoms with E-state index in [0.717, 1.165) is 54.6 Å². The molecule has 108 valence electrons. The van der Waals surface area contributed by atoms with Crippen molar-refractivity contribution < 1.29 is 9.53 Å². The Morgan fingerprint density at radius 1 is 1.35 bits per heavy atom. The molecule has 1 atom stereocenters. The monoisotopic (exact) mass is 337 g/mol. The number of hydrogen-bond donors (Lipinski definition) is 0. The molecule has 1 saturated carbocycles. The SMILES string of the molecule is Cc1cc(Br)cc(C(=O)N(CC2CCOC2)C2CC2)c1. The average Bonchev–Trinajstić information content (AvgIpc) is 3.11. The van der Waals surface area contributed by atoms with Crippen molar-refractivity contribution in [2.24, 2.45) is 5.92 Å². The largest absolute Gasteiger partial charge is 0.381 e. The Morgan fingerprint density at radius 2 is 2.15 bits per heavy atom. The third-order valence-corrected chi connectivity index (χ3v) is 4.47. The van der Waals surface area contributed by atoms with Crippen LogP contribution in [0.15, 0.2) is 22.7 Å². The van der Waals surface area contributed by atoms with Crippen molar-refractivity contribution in [2.45, 2.75) is 32.2 Å². The normalized spacial score (nSPS) is 22.0. The molecule has 1 amide bonds. The Morgan fingerprint density at radius 3 is 2.75 bits per heavy atom. The third kappa shape index (κ3) is 3.23. The summed E-state index contributed by atoms with van der Waals surface area (Å²) in [6, 6.07) is 6.38. The van der Waals surface area contributed by atoms with Gasteiger partial charge >= 0.3 is 0 Å². The highest BCUT2D eigenvalue weighted by atomic mass is 79.9. The summed E-state index contributed by atoms with van der Waals surface area (Å²) in [7, 11) is 0. The van der Waals surface area contributed by atoms with Crippen LogP contribution in [0.3, 0.4) is 0 Å². The predicted molar refractivity (Wildman–Crippen MR) is 81.9 cm³/mol. The molecule has 0 bridgehead atoms. The molecule has 3 rings (SSSR count). The molecule has 0 aromatic heterocycles. The number of amides is 1. The van der Waals surface area contributed by atoms with E-state index in [2.05, 4.69) is 20.8 Å². The zero-order valence-corrected chi connectivity index (χ0v) is 13.4. The van der Waals surface area contributed by atoms with Crippen molar-refractivity contribution >= 4 is 21.8 Å². The summed E-state index contributed by atoms with van der Waals surface area (Å²) in [5, 5.41) is 0. The predicted octanol–water partition coefficient (Wildman–Crippen LogP) is 3.40. The number of carbonyl (C=O) groups excluding carboxylic acids is 1. The number of nitrogens with zero attached hydrogens (tertiary/aromatic N) is 1. The van der Waals surface area contributed by atoms with Crippen LogP contribution < -0.4 is 0 Å². The molecule has 0 spiro atoms. The topological polar surface area (TPSA) is 29.5 Å².